The van der Waals surface area contributed by atoms with Gasteiger partial charge in [0.25, 0.3) is 5.91 Å². The SMILES string of the molecule is COc1ccccc1N1C=CN2C(SCc3ccc(C)cc3)=NNC2C1=O. The quantitative estimate of drug-likeness (QED) is 0.882. The molecule has 0 saturated heterocycles. The number of hydrazone groups is 1. The zero-order valence-electron chi connectivity index (χ0n) is 15.1. The van der Waals surface area contributed by atoms with Crippen LogP contribution in [-0.4, -0.2) is 29.3 Å². The molecule has 0 bridgehead atoms. The molecule has 0 fully saturated rings. The van der Waals surface area contributed by atoms with E-state index in [1.165, 1.54) is 11.1 Å². The van der Waals surface area contributed by atoms with Crippen molar-refractivity contribution in [2.75, 3.05) is 12.0 Å². The number of nitrogens with zero attached hydrogens (tertiary/aromatic N) is 3. The first kappa shape index (κ1) is 17.5. The van der Waals surface area contributed by atoms with Gasteiger partial charge < -0.3 is 4.74 Å². The number of thioether (sulfide) groups is 1. The zero-order valence-corrected chi connectivity index (χ0v) is 15.9. The van der Waals surface area contributed by atoms with E-state index >= 15 is 0 Å². The van der Waals surface area contributed by atoms with E-state index in [-0.39, 0.29) is 5.91 Å². The van der Waals surface area contributed by atoms with E-state index in [0.29, 0.717) is 11.4 Å². The topological polar surface area (TPSA) is 57.2 Å². The molecule has 6 nitrogen and oxygen atoms in total. The molecule has 138 valence electrons. The lowest BCUT2D eigenvalue weighted by molar-refractivity contribution is -0.122. The number of aryl methyl sites for hydroxylation is 1. The smallest absolute Gasteiger partial charge is 0.276 e. The van der Waals surface area contributed by atoms with Crippen molar-refractivity contribution in [2.45, 2.75) is 18.8 Å². The van der Waals surface area contributed by atoms with Gasteiger partial charge in [-0.25, -0.2) is 0 Å². The number of hydrogen-bond donors (Lipinski definition) is 1. The Hall–Kier alpha value is -2.93. The average Bonchev–Trinajstić information content (AvgIpc) is 3.12. The van der Waals surface area contributed by atoms with E-state index in [1.807, 2.05) is 35.4 Å². The van der Waals surface area contributed by atoms with Gasteiger partial charge in [0.1, 0.15) is 5.75 Å². The monoisotopic (exact) mass is 380 g/mol. The average molecular weight is 380 g/mol. The lowest BCUT2D eigenvalue weighted by Gasteiger charge is -2.32. The van der Waals surface area contributed by atoms with Gasteiger partial charge in [0, 0.05) is 18.2 Å². The van der Waals surface area contributed by atoms with Crippen LogP contribution in [0, 0.1) is 6.92 Å². The van der Waals surface area contributed by atoms with Crippen molar-refractivity contribution in [1.82, 2.24) is 10.3 Å². The fourth-order valence-electron chi connectivity index (χ4n) is 2.98. The summed E-state index contributed by atoms with van der Waals surface area (Å²) in [7, 11) is 1.60. The number of amidine groups is 1. The van der Waals surface area contributed by atoms with Crippen LogP contribution in [0.4, 0.5) is 5.69 Å². The van der Waals surface area contributed by atoms with Crippen molar-refractivity contribution in [1.29, 1.82) is 0 Å². The summed E-state index contributed by atoms with van der Waals surface area (Å²) in [5.74, 6) is 1.34. The zero-order chi connectivity index (χ0) is 18.8. The van der Waals surface area contributed by atoms with E-state index in [0.717, 1.165) is 10.9 Å². The van der Waals surface area contributed by atoms with Crippen molar-refractivity contribution in [2.24, 2.45) is 5.10 Å². The van der Waals surface area contributed by atoms with Gasteiger partial charge in [0.2, 0.25) is 6.17 Å². The first-order chi connectivity index (χ1) is 13.2. The lowest BCUT2D eigenvalue weighted by Crippen LogP contribution is -2.52. The normalized spacial score (nSPS) is 18.2. The minimum atomic E-state index is -0.541. The second-order valence-corrected chi connectivity index (χ2v) is 7.23. The Morgan fingerprint density at radius 2 is 1.93 bits per heavy atom. The Balaban J connectivity index is 1.49. The number of carbonyl (C=O) groups excluding carboxylic acids is 1. The molecule has 7 heteroatoms. The number of nitrogens with one attached hydrogen (secondary N) is 1. The fourth-order valence-corrected chi connectivity index (χ4v) is 3.90. The van der Waals surface area contributed by atoms with E-state index in [9.17, 15) is 4.79 Å². The van der Waals surface area contributed by atoms with Gasteiger partial charge >= 0.3 is 0 Å². The van der Waals surface area contributed by atoms with Gasteiger partial charge in [-0.15, -0.1) is 0 Å². The van der Waals surface area contributed by atoms with E-state index in [2.05, 4.69) is 41.7 Å². The number of carbonyl (C=O) groups is 1. The van der Waals surface area contributed by atoms with Gasteiger partial charge in [0.05, 0.1) is 12.8 Å². The standard InChI is InChI=1S/C20H20N4O2S/c1-14-7-9-15(10-8-14)13-27-20-22-21-18-19(25)23(11-12-24(18)20)16-5-3-4-6-17(16)26-2/h3-12,18,21H,13H2,1-2H3. The van der Waals surface area contributed by atoms with Crippen LogP contribution < -0.4 is 15.1 Å². The summed E-state index contributed by atoms with van der Waals surface area (Å²) in [5, 5.41) is 5.14. The van der Waals surface area contributed by atoms with Gasteiger partial charge in [-0.1, -0.05) is 53.7 Å². The molecule has 2 aliphatic heterocycles. The van der Waals surface area contributed by atoms with Gasteiger partial charge in [0.15, 0.2) is 5.17 Å². The minimum absolute atomic E-state index is 0.100. The van der Waals surface area contributed by atoms with E-state index in [1.54, 1.807) is 30.0 Å². The third-order valence-corrected chi connectivity index (χ3v) is 5.50. The molecule has 2 aromatic carbocycles. The first-order valence-corrected chi connectivity index (χ1v) is 9.60. The molecule has 0 spiro atoms. The Kier molecular flexibility index (Phi) is 4.77. The largest absolute Gasteiger partial charge is 0.495 e. The second kappa shape index (κ2) is 7.36. The molecule has 2 aromatic rings. The Morgan fingerprint density at radius 1 is 1.15 bits per heavy atom. The van der Waals surface area contributed by atoms with E-state index in [4.69, 9.17) is 4.74 Å². The van der Waals surface area contributed by atoms with Crippen LogP contribution in [0.25, 0.3) is 0 Å². The van der Waals surface area contributed by atoms with Gasteiger partial charge in [-0.05, 0) is 24.6 Å². The fraction of sp³-hybridized carbons (Fsp3) is 0.200. The maximum absolute atomic E-state index is 13.0. The number of hydrogen-bond acceptors (Lipinski definition) is 6. The molecule has 2 heterocycles. The highest BCUT2D eigenvalue weighted by Crippen LogP contribution is 2.32. The highest BCUT2D eigenvalue weighted by Gasteiger charge is 2.38. The number of anilines is 1. The number of benzene rings is 2. The Bertz CT molecular complexity index is 910. The number of ether oxygens (including phenoxy) is 1. The molecule has 27 heavy (non-hydrogen) atoms. The maximum atomic E-state index is 13.0. The highest BCUT2D eigenvalue weighted by atomic mass is 32.2. The third kappa shape index (κ3) is 3.38. The van der Waals surface area contributed by atoms with Crippen molar-refractivity contribution in [3.8, 4) is 5.75 Å². The third-order valence-electron chi connectivity index (χ3n) is 4.46. The first-order valence-electron chi connectivity index (χ1n) is 8.61. The summed E-state index contributed by atoms with van der Waals surface area (Å²) >= 11 is 1.60. The lowest BCUT2D eigenvalue weighted by atomic mass is 10.2. The van der Waals surface area contributed by atoms with Gasteiger partial charge in [-0.3, -0.25) is 20.0 Å². The Morgan fingerprint density at radius 3 is 2.70 bits per heavy atom. The minimum Gasteiger partial charge on any atom is -0.495 e. The summed E-state index contributed by atoms with van der Waals surface area (Å²) in [6, 6.07) is 15.9. The number of methoxy groups -OCH3 is 1. The highest BCUT2D eigenvalue weighted by molar-refractivity contribution is 8.13. The van der Waals surface area contributed by atoms with Crippen LogP contribution >= 0.6 is 11.8 Å². The molecule has 4 rings (SSSR count). The van der Waals surface area contributed by atoms with Crippen molar-refractivity contribution < 1.29 is 9.53 Å². The summed E-state index contributed by atoms with van der Waals surface area (Å²) in [4.78, 5) is 16.4. The summed E-state index contributed by atoms with van der Waals surface area (Å²) in [5.41, 5.74) is 6.12. The Labute approximate surface area is 162 Å². The predicted molar refractivity (Wildman–Crippen MR) is 108 cm³/mol. The van der Waals surface area contributed by atoms with E-state index < -0.39 is 6.17 Å². The molecule has 0 aliphatic carbocycles. The molecule has 1 amide bonds. The molecular formula is C20H20N4O2S. The number of para-hydroxylation sites is 2. The second-order valence-electron chi connectivity index (χ2n) is 6.29. The molecular weight excluding hydrogens is 360 g/mol. The van der Waals surface area contributed by atoms with Gasteiger partial charge in [-0.2, -0.15) is 5.10 Å². The number of amides is 1. The molecule has 1 atom stereocenters. The summed E-state index contributed by atoms with van der Waals surface area (Å²) in [6.07, 6.45) is 3.09. The van der Waals surface area contributed by atoms with Crippen molar-refractivity contribution in [3.63, 3.8) is 0 Å². The van der Waals surface area contributed by atoms with Crippen LogP contribution in [0.5, 0.6) is 5.75 Å². The van der Waals surface area contributed by atoms with Crippen LogP contribution in [0.15, 0.2) is 66.0 Å². The summed E-state index contributed by atoms with van der Waals surface area (Å²) in [6.45, 7) is 2.07. The van der Waals surface area contributed by atoms with Crippen LogP contribution in [0.2, 0.25) is 0 Å². The van der Waals surface area contributed by atoms with Crippen LogP contribution in [0.3, 0.4) is 0 Å². The van der Waals surface area contributed by atoms with Crippen LogP contribution in [-0.2, 0) is 10.5 Å². The number of rotatable bonds is 4. The number of fused-ring (bicyclic) bond motifs is 1. The molecule has 1 N–H and O–H groups in total. The van der Waals surface area contributed by atoms with Crippen molar-refractivity contribution in [3.05, 3.63) is 72.1 Å². The summed E-state index contributed by atoms with van der Waals surface area (Å²) < 4.78 is 5.38. The molecule has 0 aromatic heterocycles. The maximum Gasteiger partial charge on any atom is 0.276 e. The molecule has 0 radical (unpaired) electrons. The predicted octanol–water partition coefficient (Wildman–Crippen LogP) is 3.26. The van der Waals surface area contributed by atoms with Crippen molar-refractivity contribution >= 4 is 28.5 Å². The molecule has 1 unspecified atom stereocenters. The molecule has 2 aliphatic rings. The van der Waals surface area contributed by atoms with Crippen LogP contribution in [0.1, 0.15) is 11.1 Å². The molecule has 0 saturated carbocycles.